The summed E-state index contributed by atoms with van der Waals surface area (Å²) in [6, 6.07) is 8.85. The van der Waals surface area contributed by atoms with Crippen LogP contribution in [0.4, 0.5) is 4.39 Å². The van der Waals surface area contributed by atoms with Gasteiger partial charge < -0.3 is 10.6 Å². The lowest BCUT2D eigenvalue weighted by Gasteiger charge is -2.26. The smallest absolute Gasteiger partial charge is 0.192 e. The number of rotatable bonds is 3. The average Bonchev–Trinajstić information content (AvgIpc) is 3.05. The van der Waals surface area contributed by atoms with E-state index in [9.17, 15) is 4.39 Å². The van der Waals surface area contributed by atoms with Crippen molar-refractivity contribution in [2.45, 2.75) is 12.6 Å². The maximum absolute atomic E-state index is 13.3. The first-order valence-corrected chi connectivity index (χ1v) is 7.45. The van der Waals surface area contributed by atoms with Crippen LogP contribution in [-0.4, -0.2) is 17.4 Å². The lowest BCUT2D eigenvalue weighted by atomic mass is 10.1. The van der Waals surface area contributed by atoms with Crippen LogP contribution in [0.3, 0.4) is 0 Å². The summed E-state index contributed by atoms with van der Waals surface area (Å²) in [6.45, 7) is 1.27. The Morgan fingerprint density at radius 1 is 1.45 bits per heavy atom. The van der Waals surface area contributed by atoms with E-state index in [1.165, 1.54) is 10.9 Å². The highest BCUT2D eigenvalue weighted by atomic mass is 35.5. The molecule has 1 aliphatic rings. The van der Waals surface area contributed by atoms with E-state index in [0.29, 0.717) is 19.0 Å². The average molecular weight is 310 g/mol. The first-order valence-electron chi connectivity index (χ1n) is 6.19. The molecular weight excluding hydrogens is 297 g/mol. The van der Waals surface area contributed by atoms with E-state index >= 15 is 0 Å². The molecule has 1 atom stereocenters. The first kappa shape index (κ1) is 13.4. The summed E-state index contributed by atoms with van der Waals surface area (Å²) in [4.78, 5) is 7.53. The quantitative estimate of drug-likeness (QED) is 0.944. The Morgan fingerprint density at radius 2 is 2.30 bits per heavy atom. The van der Waals surface area contributed by atoms with Gasteiger partial charge in [0, 0.05) is 4.88 Å². The van der Waals surface area contributed by atoms with Gasteiger partial charge in [0.1, 0.15) is 5.82 Å². The summed E-state index contributed by atoms with van der Waals surface area (Å²) in [6.07, 6.45) is 0. The van der Waals surface area contributed by atoms with Crippen molar-refractivity contribution >= 4 is 28.9 Å². The minimum atomic E-state index is -0.410. The number of guanidine groups is 1. The second-order valence-corrected chi connectivity index (χ2v) is 6.03. The highest BCUT2D eigenvalue weighted by Gasteiger charge is 2.28. The van der Waals surface area contributed by atoms with E-state index in [4.69, 9.17) is 17.3 Å². The zero-order chi connectivity index (χ0) is 14.1. The lowest BCUT2D eigenvalue weighted by molar-refractivity contribution is 0.343. The molecule has 0 radical (unpaired) electrons. The summed E-state index contributed by atoms with van der Waals surface area (Å²) in [5, 5.41) is 2.16. The van der Waals surface area contributed by atoms with Gasteiger partial charge in [0.25, 0.3) is 0 Å². The predicted molar refractivity (Wildman–Crippen MR) is 80.5 cm³/mol. The van der Waals surface area contributed by atoms with Crippen molar-refractivity contribution in [3.05, 3.63) is 57.0 Å². The highest BCUT2D eigenvalue weighted by Crippen LogP contribution is 2.30. The second kappa shape index (κ2) is 5.42. The predicted octanol–water partition coefficient (Wildman–Crippen LogP) is 3.41. The van der Waals surface area contributed by atoms with Crippen molar-refractivity contribution < 1.29 is 4.39 Å². The Bertz CT molecular complexity index is 642. The second-order valence-electron chi connectivity index (χ2n) is 4.60. The molecule has 0 amide bonds. The van der Waals surface area contributed by atoms with Crippen LogP contribution in [0.5, 0.6) is 0 Å². The summed E-state index contributed by atoms with van der Waals surface area (Å²) < 4.78 is 13.3. The molecule has 104 valence electrons. The summed E-state index contributed by atoms with van der Waals surface area (Å²) >= 11 is 7.54. The fraction of sp³-hybridized carbons (Fsp3) is 0.214. The molecule has 0 bridgehead atoms. The van der Waals surface area contributed by atoms with Gasteiger partial charge in [-0.2, -0.15) is 0 Å². The van der Waals surface area contributed by atoms with Gasteiger partial charge >= 0.3 is 0 Å². The molecule has 2 heterocycles. The number of hydrogen-bond acceptors (Lipinski definition) is 4. The third kappa shape index (κ3) is 2.51. The van der Waals surface area contributed by atoms with Gasteiger partial charge in [-0.1, -0.05) is 23.7 Å². The number of halogens is 2. The van der Waals surface area contributed by atoms with Crippen LogP contribution in [0.2, 0.25) is 5.02 Å². The molecule has 1 aromatic carbocycles. The van der Waals surface area contributed by atoms with Crippen molar-refractivity contribution in [2.75, 3.05) is 6.54 Å². The Balaban J connectivity index is 1.86. The Morgan fingerprint density at radius 3 is 3.00 bits per heavy atom. The Labute approximate surface area is 125 Å². The van der Waals surface area contributed by atoms with Gasteiger partial charge in [0.05, 0.1) is 24.2 Å². The van der Waals surface area contributed by atoms with Crippen LogP contribution < -0.4 is 5.73 Å². The maximum Gasteiger partial charge on any atom is 0.192 e. The van der Waals surface area contributed by atoms with Crippen LogP contribution >= 0.6 is 22.9 Å². The van der Waals surface area contributed by atoms with Gasteiger partial charge in [0.15, 0.2) is 5.96 Å². The van der Waals surface area contributed by atoms with Crippen molar-refractivity contribution in [1.29, 1.82) is 0 Å². The van der Waals surface area contributed by atoms with Crippen LogP contribution in [-0.2, 0) is 6.54 Å². The zero-order valence-corrected chi connectivity index (χ0v) is 12.2. The standard InChI is InChI=1S/C14H13ClFN3S/c15-11-6-9(3-4-12(11)16)13-7-18-14(17)19(13)8-10-2-1-5-20-10/h1-6,13H,7-8H2,(H2,17,18). The minimum absolute atomic E-state index is 0.00944. The highest BCUT2D eigenvalue weighted by molar-refractivity contribution is 7.09. The number of benzene rings is 1. The summed E-state index contributed by atoms with van der Waals surface area (Å²) in [5.41, 5.74) is 6.89. The van der Waals surface area contributed by atoms with Gasteiger partial charge in [-0.15, -0.1) is 11.3 Å². The van der Waals surface area contributed by atoms with Crippen molar-refractivity contribution in [2.24, 2.45) is 10.7 Å². The monoisotopic (exact) mass is 309 g/mol. The fourth-order valence-corrected chi connectivity index (χ4v) is 3.19. The van der Waals surface area contributed by atoms with E-state index in [-0.39, 0.29) is 11.1 Å². The molecule has 2 aromatic rings. The molecule has 3 rings (SSSR count). The normalized spacial score (nSPS) is 18.4. The van der Waals surface area contributed by atoms with Gasteiger partial charge in [-0.3, -0.25) is 4.99 Å². The van der Waals surface area contributed by atoms with Gasteiger partial charge in [-0.05, 0) is 29.1 Å². The largest absolute Gasteiger partial charge is 0.370 e. The number of thiophene rings is 1. The third-order valence-corrected chi connectivity index (χ3v) is 4.48. The molecule has 6 heteroatoms. The number of hydrogen-bond donors (Lipinski definition) is 1. The molecule has 0 saturated carbocycles. The molecule has 0 spiro atoms. The van der Waals surface area contributed by atoms with Crippen molar-refractivity contribution in [1.82, 2.24) is 4.90 Å². The number of nitrogens with two attached hydrogens (primary N) is 1. The molecule has 0 saturated heterocycles. The van der Waals surface area contributed by atoms with Crippen LogP contribution in [0, 0.1) is 5.82 Å². The molecule has 0 aliphatic carbocycles. The van der Waals surface area contributed by atoms with E-state index < -0.39 is 5.82 Å². The van der Waals surface area contributed by atoms with Gasteiger partial charge in [-0.25, -0.2) is 4.39 Å². The Hall–Kier alpha value is -1.59. The van der Waals surface area contributed by atoms with Crippen LogP contribution in [0.1, 0.15) is 16.5 Å². The third-order valence-electron chi connectivity index (χ3n) is 3.33. The van der Waals surface area contributed by atoms with Crippen molar-refractivity contribution in [3.63, 3.8) is 0 Å². The fourth-order valence-electron chi connectivity index (χ4n) is 2.30. The summed E-state index contributed by atoms with van der Waals surface area (Å²) in [7, 11) is 0. The van der Waals surface area contributed by atoms with Crippen molar-refractivity contribution in [3.8, 4) is 0 Å². The van der Waals surface area contributed by atoms with Crippen LogP contribution in [0.15, 0.2) is 40.7 Å². The topological polar surface area (TPSA) is 41.6 Å². The molecule has 1 aromatic heterocycles. The number of aliphatic imine (C=N–C) groups is 1. The first-order chi connectivity index (χ1) is 9.65. The summed E-state index contributed by atoms with van der Waals surface area (Å²) in [5.74, 6) is 0.107. The van der Waals surface area contributed by atoms with E-state index in [1.54, 1.807) is 23.5 Å². The number of nitrogens with zero attached hydrogens (tertiary/aromatic N) is 2. The zero-order valence-electron chi connectivity index (χ0n) is 10.6. The SMILES string of the molecule is NC1=NCC(c2ccc(F)c(Cl)c2)N1Cc1cccs1. The van der Waals surface area contributed by atoms with E-state index in [2.05, 4.69) is 11.1 Å². The molecule has 2 N–H and O–H groups in total. The molecule has 1 aliphatic heterocycles. The molecule has 3 nitrogen and oxygen atoms in total. The van der Waals surface area contributed by atoms with Gasteiger partial charge in [0.2, 0.25) is 0 Å². The molecular formula is C14H13ClFN3S. The molecule has 1 unspecified atom stereocenters. The van der Waals surface area contributed by atoms with Crippen LogP contribution in [0.25, 0.3) is 0 Å². The van der Waals surface area contributed by atoms with E-state index in [0.717, 1.165) is 5.56 Å². The van der Waals surface area contributed by atoms with E-state index in [1.807, 2.05) is 16.3 Å². The molecule has 20 heavy (non-hydrogen) atoms. The maximum atomic E-state index is 13.3. The Kier molecular flexibility index (Phi) is 3.63. The lowest BCUT2D eigenvalue weighted by Crippen LogP contribution is -2.35. The molecule has 0 fully saturated rings. The minimum Gasteiger partial charge on any atom is -0.370 e.